The molecule has 0 atom stereocenters. The van der Waals surface area contributed by atoms with Gasteiger partial charge in [-0.1, -0.05) is 29.8 Å². The molecule has 0 aliphatic heterocycles. The summed E-state index contributed by atoms with van der Waals surface area (Å²) in [5, 5.41) is 14.7. The largest absolute Gasteiger partial charge is 0.497 e. The van der Waals surface area contributed by atoms with Gasteiger partial charge in [-0.15, -0.1) is 10.2 Å². The van der Waals surface area contributed by atoms with Crippen LogP contribution in [0.5, 0.6) is 11.5 Å². The minimum absolute atomic E-state index is 0.255. The molecule has 166 valence electrons. The van der Waals surface area contributed by atoms with Crippen LogP contribution in [-0.2, 0) is 0 Å². The Bertz CT molecular complexity index is 1250. The van der Waals surface area contributed by atoms with Gasteiger partial charge in [0.2, 0.25) is 0 Å². The first kappa shape index (κ1) is 21.8. The quantitative estimate of drug-likeness (QED) is 0.397. The van der Waals surface area contributed by atoms with Gasteiger partial charge in [0.15, 0.2) is 5.82 Å². The molecule has 7 nitrogen and oxygen atoms in total. The maximum absolute atomic E-state index is 12.8. The molecule has 0 aliphatic carbocycles. The van der Waals surface area contributed by atoms with Crippen LogP contribution in [0.1, 0.15) is 15.9 Å². The van der Waals surface area contributed by atoms with Crippen molar-refractivity contribution in [2.75, 3.05) is 24.9 Å². The molecule has 0 aliphatic rings. The van der Waals surface area contributed by atoms with E-state index in [1.807, 2.05) is 43.3 Å². The highest BCUT2D eigenvalue weighted by Crippen LogP contribution is 2.26. The number of hydrogen-bond acceptors (Lipinski definition) is 6. The Morgan fingerprint density at radius 3 is 2.21 bits per heavy atom. The van der Waals surface area contributed by atoms with Crippen LogP contribution in [0.3, 0.4) is 0 Å². The summed E-state index contributed by atoms with van der Waals surface area (Å²) >= 11 is 0. The van der Waals surface area contributed by atoms with Crippen molar-refractivity contribution in [3.05, 3.63) is 90.0 Å². The fourth-order valence-corrected chi connectivity index (χ4v) is 3.33. The number of hydrogen-bond donors (Lipinski definition) is 2. The lowest BCUT2D eigenvalue weighted by Gasteiger charge is -2.11. The third-order valence-corrected chi connectivity index (χ3v) is 4.98. The van der Waals surface area contributed by atoms with E-state index in [4.69, 9.17) is 9.47 Å². The van der Waals surface area contributed by atoms with Gasteiger partial charge in [0.05, 0.1) is 19.9 Å². The van der Waals surface area contributed by atoms with Crippen molar-refractivity contribution < 1.29 is 14.3 Å². The minimum Gasteiger partial charge on any atom is -0.497 e. The summed E-state index contributed by atoms with van der Waals surface area (Å²) in [6.45, 7) is 2.04. The van der Waals surface area contributed by atoms with E-state index >= 15 is 0 Å². The lowest BCUT2D eigenvalue weighted by atomic mass is 10.1. The lowest BCUT2D eigenvalue weighted by molar-refractivity contribution is 0.102. The number of nitrogens with zero attached hydrogens (tertiary/aromatic N) is 2. The Morgan fingerprint density at radius 2 is 1.55 bits per heavy atom. The molecule has 2 N–H and O–H groups in total. The van der Waals surface area contributed by atoms with E-state index in [1.165, 1.54) is 5.56 Å². The van der Waals surface area contributed by atoms with E-state index in [9.17, 15) is 4.79 Å². The first-order valence-electron chi connectivity index (χ1n) is 10.4. The van der Waals surface area contributed by atoms with Crippen molar-refractivity contribution in [2.24, 2.45) is 0 Å². The normalized spacial score (nSPS) is 10.4. The van der Waals surface area contributed by atoms with Crippen LogP contribution in [0, 0.1) is 6.92 Å². The molecule has 1 amide bonds. The molecule has 0 saturated carbocycles. The number of rotatable bonds is 7. The first-order valence-corrected chi connectivity index (χ1v) is 10.4. The van der Waals surface area contributed by atoms with Gasteiger partial charge in [0.25, 0.3) is 5.91 Å². The maximum Gasteiger partial charge on any atom is 0.255 e. The average Bonchev–Trinajstić information content (AvgIpc) is 2.84. The Balaban J connectivity index is 1.47. The Morgan fingerprint density at radius 1 is 0.788 bits per heavy atom. The van der Waals surface area contributed by atoms with Crippen LogP contribution in [0.15, 0.2) is 78.9 Å². The van der Waals surface area contributed by atoms with Crippen LogP contribution in [0.25, 0.3) is 11.3 Å². The zero-order valence-electron chi connectivity index (χ0n) is 18.6. The summed E-state index contributed by atoms with van der Waals surface area (Å²) < 4.78 is 10.5. The van der Waals surface area contributed by atoms with Crippen molar-refractivity contribution in [1.29, 1.82) is 0 Å². The van der Waals surface area contributed by atoms with E-state index in [2.05, 4.69) is 26.9 Å². The SMILES string of the molecule is COc1cc(NC(=O)c2cccc(Nc3ccc(-c4cccc(C)c4)nn3)c2)cc(OC)c1. The van der Waals surface area contributed by atoms with Gasteiger partial charge in [-0.25, -0.2) is 0 Å². The van der Waals surface area contributed by atoms with Crippen molar-refractivity contribution in [3.63, 3.8) is 0 Å². The summed E-state index contributed by atoms with van der Waals surface area (Å²) in [5.41, 5.74) is 4.77. The molecule has 1 heterocycles. The smallest absolute Gasteiger partial charge is 0.255 e. The maximum atomic E-state index is 12.8. The van der Waals surface area contributed by atoms with Crippen molar-refractivity contribution in [1.82, 2.24) is 10.2 Å². The molecule has 33 heavy (non-hydrogen) atoms. The third-order valence-electron chi connectivity index (χ3n) is 4.98. The topological polar surface area (TPSA) is 85.4 Å². The van der Waals surface area contributed by atoms with E-state index in [0.717, 1.165) is 16.9 Å². The molecule has 0 saturated heterocycles. The fraction of sp³-hybridized carbons (Fsp3) is 0.115. The van der Waals surface area contributed by atoms with Gasteiger partial charge in [0.1, 0.15) is 11.5 Å². The van der Waals surface area contributed by atoms with Gasteiger partial charge >= 0.3 is 0 Å². The van der Waals surface area contributed by atoms with Crippen LogP contribution >= 0.6 is 0 Å². The second kappa shape index (κ2) is 9.82. The lowest BCUT2D eigenvalue weighted by Crippen LogP contribution is -2.12. The van der Waals surface area contributed by atoms with Crippen molar-refractivity contribution >= 4 is 23.1 Å². The number of aromatic nitrogens is 2. The Labute approximate surface area is 192 Å². The highest BCUT2D eigenvalue weighted by Gasteiger charge is 2.10. The molecular weight excluding hydrogens is 416 g/mol. The molecule has 7 heteroatoms. The Kier molecular flexibility index (Phi) is 6.50. The van der Waals surface area contributed by atoms with Crippen LogP contribution < -0.4 is 20.1 Å². The Hall–Kier alpha value is -4.39. The minimum atomic E-state index is -0.255. The van der Waals surface area contributed by atoms with Gasteiger partial charge in [0, 0.05) is 40.7 Å². The predicted molar refractivity (Wildman–Crippen MR) is 129 cm³/mol. The van der Waals surface area contributed by atoms with Gasteiger partial charge in [-0.2, -0.15) is 0 Å². The average molecular weight is 441 g/mol. The zero-order valence-corrected chi connectivity index (χ0v) is 18.6. The number of ether oxygens (including phenoxy) is 2. The molecule has 3 aromatic carbocycles. The van der Waals surface area contributed by atoms with Crippen LogP contribution in [0.2, 0.25) is 0 Å². The van der Waals surface area contributed by atoms with E-state index in [1.54, 1.807) is 50.6 Å². The number of nitrogens with one attached hydrogen (secondary N) is 2. The molecule has 0 spiro atoms. The number of amides is 1. The standard InChI is InChI=1S/C26H24N4O3/c1-17-6-4-7-18(12-17)24-10-11-25(30-29-24)27-20-9-5-8-19(13-20)26(31)28-21-14-22(32-2)16-23(15-21)33-3/h4-16H,1-3H3,(H,27,30)(H,28,31). The van der Waals surface area contributed by atoms with Gasteiger partial charge in [-0.05, 0) is 43.3 Å². The number of carbonyl (C=O) groups is 1. The van der Waals surface area contributed by atoms with Crippen molar-refractivity contribution in [2.45, 2.75) is 6.92 Å². The van der Waals surface area contributed by atoms with Gasteiger partial charge in [-0.3, -0.25) is 4.79 Å². The summed E-state index contributed by atoms with van der Waals surface area (Å²) in [5.74, 6) is 1.51. The number of methoxy groups -OCH3 is 2. The van der Waals surface area contributed by atoms with E-state index in [0.29, 0.717) is 28.6 Å². The van der Waals surface area contributed by atoms with E-state index < -0.39 is 0 Å². The molecule has 0 bridgehead atoms. The molecule has 0 radical (unpaired) electrons. The molecule has 1 aromatic heterocycles. The molecule has 4 aromatic rings. The van der Waals surface area contributed by atoms with Crippen LogP contribution in [0.4, 0.5) is 17.2 Å². The second-order valence-electron chi connectivity index (χ2n) is 7.43. The number of anilines is 3. The highest BCUT2D eigenvalue weighted by atomic mass is 16.5. The fourth-order valence-electron chi connectivity index (χ4n) is 3.33. The summed E-state index contributed by atoms with van der Waals surface area (Å²) in [7, 11) is 3.12. The molecule has 0 unspecified atom stereocenters. The second-order valence-corrected chi connectivity index (χ2v) is 7.43. The van der Waals surface area contributed by atoms with Crippen LogP contribution in [-0.4, -0.2) is 30.3 Å². The number of benzene rings is 3. The zero-order chi connectivity index (χ0) is 23.2. The summed E-state index contributed by atoms with van der Waals surface area (Å²) in [4.78, 5) is 12.8. The van der Waals surface area contributed by atoms with Gasteiger partial charge < -0.3 is 20.1 Å². The monoisotopic (exact) mass is 440 g/mol. The molecule has 0 fully saturated rings. The summed E-state index contributed by atoms with van der Waals surface area (Å²) in [6.07, 6.45) is 0. The number of carbonyl (C=O) groups excluding carboxylic acids is 1. The molecule has 4 rings (SSSR count). The third kappa shape index (κ3) is 5.46. The van der Waals surface area contributed by atoms with E-state index in [-0.39, 0.29) is 5.91 Å². The highest BCUT2D eigenvalue weighted by molar-refractivity contribution is 6.05. The summed E-state index contributed by atoms with van der Waals surface area (Å²) in [6, 6.07) is 24.2. The molecular formula is C26H24N4O3. The first-order chi connectivity index (χ1) is 16.0. The predicted octanol–water partition coefficient (Wildman–Crippen LogP) is 5.47. The number of aryl methyl sites for hydroxylation is 1. The van der Waals surface area contributed by atoms with Crippen molar-refractivity contribution in [3.8, 4) is 22.8 Å².